The third-order valence-electron chi connectivity index (χ3n) is 2.11. The fourth-order valence-corrected chi connectivity index (χ4v) is 1.18. The van der Waals surface area contributed by atoms with E-state index in [1.165, 1.54) is 0 Å². The average molecular weight is 208 g/mol. The van der Waals surface area contributed by atoms with Crippen LogP contribution in [0.1, 0.15) is 24.7 Å². The van der Waals surface area contributed by atoms with Gasteiger partial charge in [0.15, 0.2) is 0 Å². The minimum absolute atomic E-state index is 0.0834. The van der Waals surface area contributed by atoms with Crippen molar-refractivity contribution in [2.24, 2.45) is 11.5 Å². The average Bonchev–Trinajstić information content (AvgIpc) is 2.20. The van der Waals surface area contributed by atoms with Crippen molar-refractivity contribution in [2.45, 2.75) is 32.2 Å². The predicted octanol–water partition coefficient (Wildman–Crippen LogP) is -0.216. The van der Waals surface area contributed by atoms with E-state index in [4.69, 9.17) is 11.5 Å². The fourth-order valence-electron chi connectivity index (χ4n) is 1.18. The third-order valence-corrected chi connectivity index (χ3v) is 2.11. The summed E-state index contributed by atoms with van der Waals surface area (Å²) in [7, 11) is 0. The molecule has 1 rings (SSSR count). The van der Waals surface area contributed by atoms with Crippen LogP contribution in [0.25, 0.3) is 0 Å². The summed E-state index contributed by atoms with van der Waals surface area (Å²) in [5.74, 6) is 0.0318. The topological polar surface area (TPSA) is 94.9 Å². The van der Waals surface area contributed by atoms with Crippen LogP contribution >= 0.6 is 0 Å². The highest BCUT2D eigenvalue weighted by molar-refractivity contribution is 5.75. The Hall–Kier alpha value is -1.49. The molecule has 1 unspecified atom stereocenters. The Morgan fingerprint density at radius 3 is 2.53 bits per heavy atom. The van der Waals surface area contributed by atoms with Gasteiger partial charge in [0.25, 0.3) is 0 Å². The summed E-state index contributed by atoms with van der Waals surface area (Å²) in [5.41, 5.74) is 11.8. The summed E-state index contributed by atoms with van der Waals surface area (Å²) >= 11 is 0. The van der Waals surface area contributed by atoms with Crippen LogP contribution in [-0.2, 0) is 17.6 Å². The van der Waals surface area contributed by atoms with Crippen molar-refractivity contribution in [2.75, 3.05) is 0 Å². The lowest BCUT2D eigenvalue weighted by Gasteiger charge is -2.07. The molecule has 0 aliphatic carbocycles. The van der Waals surface area contributed by atoms with Crippen LogP contribution in [0, 0.1) is 0 Å². The van der Waals surface area contributed by atoms with Crippen LogP contribution in [-0.4, -0.2) is 21.9 Å². The largest absolute Gasteiger partial charge is 0.369 e. The number of aromatic nitrogens is 2. The van der Waals surface area contributed by atoms with Crippen molar-refractivity contribution < 1.29 is 4.79 Å². The van der Waals surface area contributed by atoms with Gasteiger partial charge in [0.2, 0.25) is 5.91 Å². The van der Waals surface area contributed by atoms with E-state index >= 15 is 0 Å². The van der Waals surface area contributed by atoms with E-state index < -0.39 is 5.91 Å². The second-order valence-electron chi connectivity index (χ2n) is 3.52. The third kappa shape index (κ3) is 4.03. The lowest BCUT2D eigenvalue weighted by atomic mass is 10.1. The molecule has 1 amide bonds. The van der Waals surface area contributed by atoms with E-state index in [0.29, 0.717) is 5.82 Å². The highest BCUT2D eigenvalue weighted by atomic mass is 16.1. The number of carbonyl (C=O) groups excluding carboxylic acids is 1. The maximum Gasteiger partial charge on any atom is 0.225 e. The molecular formula is C10H16N4O. The number of nitrogens with two attached hydrogens (primary N) is 2. The highest BCUT2D eigenvalue weighted by Gasteiger charge is 2.04. The second kappa shape index (κ2) is 5.41. The molecule has 0 fully saturated rings. The van der Waals surface area contributed by atoms with Crippen LogP contribution < -0.4 is 11.5 Å². The quantitative estimate of drug-likeness (QED) is 0.699. The van der Waals surface area contributed by atoms with Gasteiger partial charge in [-0.15, -0.1) is 0 Å². The van der Waals surface area contributed by atoms with Gasteiger partial charge in [0.05, 0.1) is 6.42 Å². The van der Waals surface area contributed by atoms with Gasteiger partial charge in [0, 0.05) is 18.4 Å². The minimum Gasteiger partial charge on any atom is -0.369 e. The number of hydrogen-bond donors (Lipinski definition) is 2. The SMILES string of the molecule is CCC(N)Cc1cnc(CC(N)=O)nc1. The maximum atomic E-state index is 10.6. The van der Waals surface area contributed by atoms with Gasteiger partial charge in [-0.3, -0.25) is 4.79 Å². The van der Waals surface area contributed by atoms with Gasteiger partial charge in [0.1, 0.15) is 5.82 Å². The standard InChI is InChI=1S/C10H16N4O/c1-2-8(11)3-7-5-13-10(14-6-7)4-9(12)15/h5-6,8H,2-4,11H2,1H3,(H2,12,15). The molecule has 0 bridgehead atoms. The lowest BCUT2D eigenvalue weighted by Crippen LogP contribution is -2.22. The van der Waals surface area contributed by atoms with E-state index in [-0.39, 0.29) is 12.5 Å². The highest BCUT2D eigenvalue weighted by Crippen LogP contribution is 2.02. The molecule has 1 aromatic rings. The molecule has 82 valence electrons. The first-order chi connectivity index (χ1) is 7.11. The molecule has 5 heteroatoms. The number of amides is 1. The zero-order valence-electron chi connectivity index (χ0n) is 8.81. The van der Waals surface area contributed by atoms with Crippen LogP contribution in [0.4, 0.5) is 0 Å². The molecule has 1 atom stereocenters. The number of nitrogens with zero attached hydrogens (tertiary/aromatic N) is 2. The molecule has 4 N–H and O–H groups in total. The van der Waals surface area contributed by atoms with E-state index in [2.05, 4.69) is 9.97 Å². The van der Waals surface area contributed by atoms with E-state index in [1.54, 1.807) is 12.4 Å². The van der Waals surface area contributed by atoms with Crippen molar-refractivity contribution >= 4 is 5.91 Å². The van der Waals surface area contributed by atoms with Crippen LogP contribution in [0.3, 0.4) is 0 Å². The van der Waals surface area contributed by atoms with Crippen molar-refractivity contribution in [3.63, 3.8) is 0 Å². The van der Waals surface area contributed by atoms with E-state index in [1.807, 2.05) is 6.92 Å². The Bertz CT molecular complexity index is 323. The van der Waals surface area contributed by atoms with Crippen molar-refractivity contribution in [1.82, 2.24) is 9.97 Å². The van der Waals surface area contributed by atoms with Crippen molar-refractivity contribution in [1.29, 1.82) is 0 Å². The first-order valence-electron chi connectivity index (χ1n) is 4.95. The van der Waals surface area contributed by atoms with Gasteiger partial charge in [-0.25, -0.2) is 9.97 Å². The summed E-state index contributed by atoms with van der Waals surface area (Å²) in [6.07, 6.45) is 5.15. The van der Waals surface area contributed by atoms with Gasteiger partial charge >= 0.3 is 0 Å². The first-order valence-corrected chi connectivity index (χ1v) is 4.95. The molecule has 0 radical (unpaired) electrons. The Morgan fingerprint density at radius 2 is 2.07 bits per heavy atom. The lowest BCUT2D eigenvalue weighted by molar-refractivity contribution is -0.117. The van der Waals surface area contributed by atoms with Gasteiger partial charge in [-0.05, 0) is 18.4 Å². The minimum atomic E-state index is -0.423. The summed E-state index contributed by atoms with van der Waals surface area (Å²) in [5, 5.41) is 0. The van der Waals surface area contributed by atoms with E-state index in [0.717, 1.165) is 18.4 Å². The molecule has 1 aromatic heterocycles. The molecule has 5 nitrogen and oxygen atoms in total. The number of primary amides is 1. The predicted molar refractivity (Wildman–Crippen MR) is 56.9 cm³/mol. The molecule has 0 saturated heterocycles. The summed E-state index contributed by atoms with van der Waals surface area (Å²) in [6.45, 7) is 2.03. The molecule has 15 heavy (non-hydrogen) atoms. The Labute approximate surface area is 88.9 Å². The second-order valence-corrected chi connectivity index (χ2v) is 3.52. The summed E-state index contributed by atoms with van der Waals surface area (Å²) in [4.78, 5) is 18.7. The normalized spacial score (nSPS) is 12.4. The van der Waals surface area contributed by atoms with Gasteiger partial charge in [-0.2, -0.15) is 0 Å². The Balaban J connectivity index is 2.60. The fraction of sp³-hybridized carbons (Fsp3) is 0.500. The van der Waals surface area contributed by atoms with Gasteiger partial charge < -0.3 is 11.5 Å². The molecule has 0 saturated carbocycles. The van der Waals surface area contributed by atoms with Gasteiger partial charge in [-0.1, -0.05) is 6.92 Å². The smallest absolute Gasteiger partial charge is 0.225 e. The summed E-state index contributed by atoms with van der Waals surface area (Å²) in [6, 6.07) is 0.135. The van der Waals surface area contributed by atoms with Crippen LogP contribution in [0.5, 0.6) is 0 Å². The molecular weight excluding hydrogens is 192 g/mol. The molecule has 0 aromatic carbocycles. The molecule has 0 aliphatic rings. The summed E-state index contributed by atoms with van der Waals surface area (Å²) < 4.78 is 0. The molecule has 0 spiro atoms. The van der Waals surface area contributed by atoms with Crippen LogP contribution in [0.2, 0.25) is 0 Å². The molecule has 0 aliphatic heterocycles. The molecule has 1 heterocycles. The number of carbonyl (C=O) groups is 1. The van der Waals surface area contributed by atoms with Crippen molar-refractivity contribution in [3.8, 4) is 0 Å². The Morgan fingerprint density at radius 1 is 1.47 bits per heavy atom. The van der Waals surface area contributed by atoms with Crippen molar-refractivity contribution in [3.05, 3.63) is 23.8 Å². The monoisotopic (exact) mass is 208 g/mol. The zero-order valence-corrected chi connectivity index (χ0v) is 8.81. The number of hydrogen-bond acceptors (Lipinski definition) is 4. The zero-order chi connectivity index (χ0) is 11.3. The first kappa shape index (κ1) is 11.6. The Kier molecular flexibility index (Phi) is 4.17. The maximum absolute atomic E-state index is 10.6. The number of rotatable bonds is 5. The van der Waals surface area contributed by atoms with E-state index in [9.17, 15) is 4.79 Å². The van der Waals surface area contributed by atoms with Crippen LogP contribution in [0.15, 0.2) is 12.4 Å².